The smallest absolute Gasteiger partial charge is 0.156 e. The third-order valence-electron chi connectivity index (χ3n) is 8.50. The van der Waals surface area contributed by atoms with E-state index in [0.717, 1.165) is 38.7 Å². The zero-order valence-electron chi connectivity index (χ0n) is 16.0. The van der Waals surface area contributed by atoms with Gasteiger partial charge in [-0.1, -0.05) is 25.2 Å². The number of carbonyl (C=O) groups is 1. The maximum absolute atomic E-state index is 11.9. The summed E-state index contributed by atoms with van der Waals surface area (Å²) >= 11 is 0. The Labute approximate surface area is 157 Å². The van der Waals surface area contributed by atoms with E-state index in [4.69, 9.17) is 4.74 Å². The Bertz CT molecular complexity index is 769. The first kappa shape index (κ1) is 16.7. The van der Waals surface area contributed by atoms with E-state index in [-0.39, 0.29) is 11.0 Å². The van der Waals surface area contributed by atoms with Gasteiger partial charge in [0.15, 0.2) is 5.78 Å². The zero-order valence-corrected chi connectivity index (χ0v) is 16.0. The van der Waals surface area contributed by atoms with Crippen LogP contribution >= 0.6 is 0 Å². The van der Waals surface area contributed by atoms with E-state index in [9.17, 15) is 4.79 Å². The van der Waals surface area contributed by atoms with Gasteiger partial charge in [-0.15, -0.1) is 6.58 Å². The molecule has 2 nitrogen and oxygen atoms in total. The van der Waals surface area contributed by atoms with Crippen molar-refractivity contribution in [1.82, 2.24) is 0 Å². The predicted molar refractivity (Wildman–Crippen MR) is 104 cm³/mol. The van der Waals surface area contributed by atoms with Gasteiger partial charge in [0.05, 0.1) is 12.2 Å². The number of hydrogen-bond acceptors (Lipinski definition) is 2. The van der Waals surface area contributed by atoms with E-state index >= 15 is 0 Å². The summed E-state index contributed by atoms with van der Waals surface area (Å²) in [6, 6.07) is 0. The molecule has 1 spiro atoms. The minimum atomic E-state index is -0.103. The molecule has 1 heterocycles. The van der Waals surface area contributed by atoms with Gasteiger partial charge in [-0.3, -0.25) is 4.79 Å². The number of ether oxygens (including phenoxy) is 1. The Morgan fingerprint density at radius 3 is 2.81 bits per heavy atom. The van der Waals surface area contributed by atoms with Crippen LogP contribution in [-0.2, 0) is 9.53 Å². The number of hydrogen-bond donors (Lipinski definition) is 0. The van der Waals surface area contributed by atoms with E-state index in [1.54, 1.807) is 5.57 Å². The minimum absolute atomic E-state index is 0.103. The lowest BCUT2D eigenvalue weighted by molar-refractivity contribution is -0.114. The molecule has 0 amide bonds. The van der Waals surface area contributed by atoms with Crippen molar-refractivity contribution in [1.29, 1.82) is 0 Å². The number of ketones is 1. The fourth-order valence-electron chi connectivity index (χ4n) is 7.39. The van der Waals surface area contributed by atoms with Crippen molar-refractivity contribution in [2.75, 3.05) is 6.61 Å². The van der Waals surface area contributed by atoms with E-state index in [1.807, 2.05) is 6.08 Å². The molecule has 5 atom stereocenters. The molecule has 5 aliphatic rings. The van der Waals surface area contributed by atoms with Gasteiger partial charge in [-0.25, -0.2) is 0 Å². The summed E-state index contributed by atoms with van der Waals surface area (Å²) in [7, 11) is 0. The first-order chi connectivity index (χ1) is 12.5. The van der Waals surface area contributed by atoms with Gasteiger partial charge in [-0.2, -0.15) is 0 Å². The molecule has 2 heteroatoms. The van der Waals surface area contributed by atoms with Crippen molar-refractivity contribution >= 4 is 5.78 Å². The summed E-state index contributed by atoms with van der Waals surface area (Å²) in [5, 5.41) is 0. The van der Waals surface area contributed by atoms with E-state index in [0.29, 0.717) is 30.0 Å². The zero-order chi connectivity index (χ0) is 18.1. The average Bonchev–Trinajstić information content (AvgIpc) is 3.15. The molecule has 26 heavy (non-hydrogen) atoms. The second-order valence-corrected chi connectivity index (χ2v) is 9.35. The summed E-state index contributed by atoms with van der Waals surface area (Å²) < 4.78 is 6.47. The molecule has 4 aliphatic carbocycles. The lowest BCUT2D eigenvalue weighted by Crippen LogP contribution is -2.52. The molecule has 0 N–H and O–H groups in total. The van der Waals surface area contributed by atoms with Crippen LogP contribution in [0.4, 0.5) is 0 Å². The Balaban J connectivity index is 1.63. The number of carbonyl (C=O) groups excluding carboxylic acids is 1. The third-order valence-corrected chi connectivity index (χ3v) is 8.50. The maximum atomic E-state index is 11.9. The van der Waals surface area contributed by atoms with Crippen LogP contribution in [0, 0.1) is 23.2 Å². The highest BCUT2D eigenvalue weighted by atomic mass is 16.5. The summed E-state index contributed by atoms with van der Waals surface area (Å²) in [4.78, 5) is 11.9. The van der Waals surface area contributed by atoms with Crippen LogP contribution in [0.2, 0.25) is 0 Å². The van der Waals surface area contributed by atoms with Crippen LogP contribution in [-0.4, -0.2) is 18.0 Å². The molecule has 2 saturated carbocycles. The molecule has 1 aliphatic heterocycles. The summed E-state index contributed by atoms with van der Waals surface area (Å²) in [6.45, 7) is 12.0. The highest BCUT2D eigenvalue weighted by molar-refractivity contribution is 5.93. The van der Waals surface area contributed by atoms with Crippen molar-refractivity contribution in [2.45, 2.75) is 63.9 Å². The van der Waals surface area contributed by atoms with Gasteiger partial charge in [0.2, 0.25) is 0 Å². The topological polar surface area (TPSA) is 26.3 Å². The van der Waals surface area contributed by atoms with Crippen LogP contribution in [0.25, 0.3) is 0 Å². The van der Waals surface area contributed by atoms with Crippen LogP contribution in [0.1, 0.15) is 58.3 Å². The highest BCUT2D eigenvalue weighted by Gasteiger charge is 2.65. The molecule has 3 fully saturated rings. The molecule has 0 bridgehead atoms. The fourth-order valence-corrected chi connectivity index (χ4v) is 7.39. The SMILES string of the molecule is C=C[C@H]1C[C@@]2(C)[C@@H](CC[C@@]23OCCC3=C)[C@@H]2CCC3=CC(=O)CCC3=C21. The van der Waals surface area contributed by atoms with E-state index < -0.39 is 0 Å². The quantitative estimate of drug-likeness (QED) is 0.598. The Morgan fingerprint density at radius 2 is 2.08 bits per heavy atom. The normalized spacial score (nSPS) is 44.7. The van der Waals surface area contributed by atoms with Gasteiger partial charge in [0.25, 0.3) is 0 Å². The maximum Gasteiger partial charge on any atom is 0.156 e. The summed E-state index contributed by atoms with van der Waals surface area (Å²) in [5.41, 5.74) is 5.87. The van der Waals surface area contributed by atoms with Gasteiger partial charge in [0.1, 0.15) is 0 Å². The van der Waals surface area contributed by atoms with Crippen molar-refractivity contribution in [2.24, 2.45) is 23.2 Å². The average molecular weight is 351 g/mol. The van der Waals surface area contributed by atoms with Crippen LogP contribution in [0.15, 0.2) is 47.6 Å². The number of allylic oxidation sites excluding steroid dienone is 5. The van der Waals surface area contributed by atoms with Crippen molar-refractivity contribution in [3.8, 4) is 0 Å². The molecular formula is C24H30O2. The minimum Gasteiger partial charge on any atom is -0.370 e. The standard InChI is InChI=1S/C24H30O2/c1-4-16-14-23(3)21(9-11-24(23)15(2)10-12-26-24)20-7-5-17-13-18(25)6-8-19(17)22(16)20/h4,13,16,20-21H,1-2,5-12,14H2,3H3/t16-,20-,21-,23-,24-/m0/s1. The van der Waals surface area contributed by atoms with E-state index in [2.05, 4.69) is 26.2 Å². The van der Waals surface area contributed by atoms with Crippen LogP contribution in [0.5, 0.6) is 0 Å². The first-order valence-corrected chi connectivity index (χ1v) is 10.4. The molecular weight excluding hydrogens is 320 g/mol. The molecule has 138 valence electrons. The van der Waals surface area contributed by atoms with Crippen molar-refractivity contribution in [3.63, 3.8) is 0 Å². The van der Waals surface area contributed by atoms with Gasteiger partial charge >= 0.3 is 0 Å². The number of fused-ring (bicyclic) bond motifs is 5. The Kier molecular flexibility index (Phi) is 3.57. The second kappa shape index (κ2) is 5.55. The molecule has 0 aromatic rings. The largest absolute Gasteiger partial charge is 0.370 e. The van der Waals surface area contributed by atoms with Gasteiger partial charge < -0.3 is 4.74 Å². The van der Waals surface area contributed by atoms with Crippen LogP contribution in [0.3, 0.4) is 0 Å². The van der Waals surface area contributed by atoms with Crippen LogP contribution < -0.4 is 0 Å². The molecule has 1 saturated heterocycles. The molecule has 0 unspecified atom stereocenters. The predicted octanol–water partition coefficient (Wildman–Crippen LogP) is 5.32. The second-order valence-electron chi connectivity index (χ2n) is 9.35. The molecule has 0 radical (unpaired) electrons. The summed E-state index contributed by atoms with van der Waals surface area (Å²) in [5.74, 6) is 2.04. The van der Waals surface area contributed by atoms with Crippen molar-refractivity contribution in [3.05, 3.63) is 47.6 Å². The van der Waals surface area contributed by atoms with Gasteiger partial charge in [-0.05, 0) is 85.5 Å². The van der Waals surface area contributed by atoms with Gasteiger partial charge in [0, 0.05) is 11.8 Å². The number of rotatable bonds is 1. The lowest BCUT2D eigenvalue weighted by atomic mass is 9.51. The highest BCUT2D eigenvalue weighted by Crippen LogP contribution is 2.68. The third kappa shape index (κ3) is 1.94. The fraction of sp³-hybridized carbons (Fsp3) is 0.625. The first-order valence-electron chi connectivity index (χ1n) is 10.4. The summed E-state index contributed by atoms with van der Waals surface area (Å²) in [6.07, 6.45) is 12.5. The Morgan fingerprint density at radius 1 is 1.23 bits per heavy atom. The monoisotopic (exact) mass is 350 g/mol. The molecule has 0 aromatic carbocycles. The molecule has 5 rings (SSSR count). The van der Waals surface area contributed by atoms with E-state index in [1.165, 1.54) is 29.6 Å². The lowest BCUT2D eigenvalue weighted by Gasteiger charge is -2.54. The Hall–Kier alpha value is -1.41. The van der Waals surface area contributed by atoms with Crippen molar-refractivity contribution < 1.29 is 9.53 Å². The molecule has 0 aromatic heterocycles.